The summed E-state index contributed by atoms with van der Waals surface area (Å²) in [6.45, 7) is 0. The Labute approximate surface area is 139 Å². The maximum Gasteiger partial charge on any atom is 0.138 e. The molecular formula is C14H9BrCl3FO. The van der Waals surface area contributed by atoms with E-state index in [2.05, 4.69) is 15.9 Å². The average Bonchev–Trinajstić information content (AvgIpc) is 2.42. The summed E-state index contributed by atoms with van der Waals surface area (Å²) >= 11 is 21.6. The lowest BCUT2D eigenvalue weighted by atomic mass is 10.0. The van der Waals surface area contributed by atoms with Gasteiger partial charge in [-0.25, -0.2) is 4.39 Å². The predicted molar refractivity (Wildman–Crippen MR) is 85.2 cm³/mol. The van der Waals surface area contributed by atoms with Crippen LogP contribution in [-0.4, -0.2) is 7.11 Å². The molecule has 0 saturated carbocycles. The molecule has 20 heavy (non-hydrogen) atoms. The smallest absolute Gasteiger partial charge is 0.138 e. The fourth-order valence-corrected chi connectivity index (χ4v) is 3.32. The van der Waals surface area contributed by atoms with Crippen molar-refractivity contribution in [2.24, 2.45) is 0 Å². The Kier molecular flexibility index (Phi) is 5.19. The summed E-state index contributed by atoms with van der Waals surface area (Å²) in [7, 11) is 1.50. The van der Waals surface area contributed by atoms with Crippen molar-refractivity contribution >= 4 is 50.7 Å². The number of benzene rings is 2. The standard InChI is InChI=1S/C14H9BrCl3FO/c1-20-13-6-10(17)8(5-11(13)18)14(15)9-4-7(16)2-3-12(9)19/h2-6,14H,1H3. The number of rotatable bonds is 3. The van der Waals surface area contributed by atoms with E-state index in [1.165, 1.54) is 19.2 Å². The molecular weight excluding hydrogens is 389 g/mol. The van der Waals surface area contributed by atoms with Crippen molar-refractivity contribution in [3.63, 3.8) is 0 Å². The number of ether oxygens (including phenoxy) is 1. The van der Waals surface area contributed by atoms with E-state index in [4.69, 9.17) is 39.5 Å². The second kappa shape index (κ2) is 6.52. The summed E-state index contributed by atoms with van der Waals surface area (Å²) in [5.74, 6) is 0.0889. The van der Waals surface area contributed by atoms with Gasteiger partial charge < -0.3 is 4.74 Å². The third-order valence-corrected chi connectivity index (χ3v) is 4.62. The van der Waals surface area contributed by atoms with Crippen molar-refractivity contribution < 1.29 is 9.13 Å². The molecule has 106 valence electrons. The van der Waals surface area contributed by atoms with E-state index in [-0.39, 0.29) is 5.82 Å². The molecule has 1 unspecified atom stereocenters. The summed E-state index contributed by atoms with van der Waals surface area (Å²) in [5, 5.41) is 1.27. The first-order valence-corrected chi connectivity index (χ1v) is 7.61. The van der Waals surface area contributed by atoms with Gasteiger partial charge in [0.2, 0.25) is 0 Å². The summed E-state index contributed by atoms with van der Waals surface area (Å²) < 4.78 is 19.0. The van der Waals surface area contributed by atoms with Crippen LogP contribution in [0.2, 0.25) is 15.1 Å². The van der Waals surface area contributed by atoms with Crippen LogP contribution >= 0.6 is 50.7 Å². The van der Waals surface area contributed by atoms with Crippen molar-refractivity contribution in [2.75, 3.05) is 7.11 Å². The fraction of sp³-hybridized carbons (Fsp3) is 0.143. The predicted octanol–water partition coefficient (Wildman–Crippen LogP) is 6.28. The maximum absolute atomic E-state index is 13.9. The molecule has 0 spiro atoms. The Morgan fingerprint density at radius 1 is 1.05 bits per heavy atom. The summed E-state index contributed by atoms with van der Waals surface area (Å²) in [6, 6.07) is 7.58. The molecule has 0 aromatic heterocycles. The molecule has 0 saturated heterocycles. The number of halogens is 5. The van der Waals surface area contributed by atoms with Crippen molar-refractivity contribution in [3.8, 4) is 5.75 Å². The van der Waals surface area contributed by atoms with Gasteiger partial charge in [0.15, 0.2) is 0 Å². The van der Waals surface area contributed by atoms with Gasteiger partial charge in [0.05, 0.1) is 17.0 Å². The zero-order chi connectivity index (χ0) is 14.9. The molecule has 6 heteroatoms. The molecule has 0 N–H and O–H groups in total. The third-order valence-electron chi connectivity index (χ3n) is 2.78. The molecule has 2 aromatic carbocycles. The van der Waals surface area contributed by atoms with E-state index in [1.807, 2.05) is 0 Å². The Morgan fingerprint density at radius 3 is 2.40 bits per heavy atom. The van der Waals surface area contributed by atoms with Gasteiger partial charge >= 0.3 is 0 Å². The normalized spacial score (nSPS) is 12.3. The van der Waals surface area contributed by atoms with Crippen LogP contribution in [0.25, 0.3) is 0 Å². The summed E-state index contributed by atoms with van der Waals surface area (Å²) in [4.78, 5) is -0.461. The SMILES string of the molecule is COc1cc(Cl)c(C(Br)c2cc(Cl)ccc2F)cc1Cl. The second-order valence-corrected chi connectivity index (χ2v) is 6.20. The van der Waals surface area contributed by atoms with Gasteiger partial charge in [-0.15, -0.1) is 0 Å². The summed E-state index contributed by atoms with van der Waals surface area (Å²) in [6.07, 6.45) is 0. The first kappa shape index (κ1) is 15.9. The topological polar surface area (TPSA) is 9.23 Å². The lowest BCUT2D eigenvalue weighted by molar-refractivity contribution is 0.415. The maximum atomic E-state index is 13.9. The highest BCUT2D eigenvalue weighted by Crippen LogP contribution is 2.41. The molecule has 1 nitrogen and oxygen atoms in total. The van der Waals surface area contributed by atoms with Gasteiger partial charge in [-0.05, 0) is 29.8 Å². The van der Waals surface area contributed by atoms with Crippen LogP contribution in [0.4, 0.5) is 4.39 Å². The molecule has 0 bridgehead atoms. The number of hydrogen-bond acceptors (Lipinski definition) is 1. The van der Waals surface area contributed by atoms with E-state index in [0.29, 0.717) is 31.9 Å². The van der Waals surface area contributed by atoms with Crippen LogP contribution in [0.3, 0.4) is 0 Å². The van der Waals surface area contributed by atoms with Crippen molar-refractivity contribution in [1.29, 1.82) is 0 Å². The van der Waals surface area contributed by atoms with E-state index >= 15 is 0 Å². The van der Waals surface area contributed by atoms with Gasteiger partial charge in [-0.3, -0.25) is 0 Å². The Balaban J connectivity index is 2.50. The molecule has 0 aliphatic rings. The highest BCUT2D eigenvalue weighted by atomic mass is 79.9. The Bertz CT molecular complexity index is 649. The molecule has 1 atom stereocenters. The first-order chi connectivity index (χ1) is 9.43. The van der Waals surface area contributed by atoms with E-state index < -0.39 is 4.83 Å². The van der Waals surface area contributed by atoms with Crippen LogP contribution in [0.5, 0.6) is 5.75 Å². The Hall–Kier alpha value is -0.480. The molecule has 0 radical (unpaired) electrons. The monoisotopic (exact) mass is 396 g/mol. The van der Waals surface area contributed by atoms with E-state index in [9.17, 15) is 4.39 Å². The van der Waals surface area contributed by atoms with Gasteiger partial charge in [-0.2, -0.15) is 0 Å². The van der Waals surface area contributed by atoms with Crippen molar-refractivity contribution in [3.05, 3.63) is 62.3 Å². The fourth-order valence-electron chi connectivity index (χ4n) is 1.77. The quantitative estimate of drug-likeness (QED) is 0.553. The van der Waals surface area contributed by atoms with Gasteiger partial charge in [0, 0.05) is 21.7 Å². The lowest BCUT2D eigenvalue weighted by Gasteiger charge is -2.15. The van der Waals surface area contributed by atoms with Crippen LogP contribution < -0.4 is 4.74 Å². The lowest BCUT2D eigenvalue weighted by Crippen LogP contribution is -1.98. The molecule has 0 fully saturated rings. The molecule has 2 rings (SSSR count). The molecule has 2 aromatic rings. The zero-order valence-corrected chi connectivity index (χ0v) is 14.1. The highest BCUT2D eigenvalue weighted by molar-refractivity contribution is 9.09. The minimum atomic E-state index is -0.461. The molecule has 0 amide bonds. The molecule has 0 heterocycles. The Morgan fingerprint density at radius 2 is 1.75 bits per heavy atom. The van der Waals surface area contributed by atoms with E-state index in [1.54, 1.807) is 18.2 Å². The summed E-state index contributed by atoms with van der Waals surface area (Å²) in [5.41, 5.74) is 1.03. The zero-order valence-electron chi connectivity index (χ0n) is 10.3. The minimum Gasteiger partial charge on any atom is -0.495 e. The average molecular weight is 398 g/mol. The first-order valence-electron chi connectivity index (χ1n) is 5.56. The molecule has 0 aliphatic carbocycles. The van der Waals surface area contributed by atoms with Crippen LogP contribution in [0.15, 0.2) is 30.3 Å². The third kappa shape index (κ3) is 3.22. The van der Waals surface area contributed by atoms with Gasteiger partial charge in [0.25, 0.3) is 0 Å². The van der Waals surface area contributed by atoms with E-state index in [0.717, 1.165) is 0 Å². The number of methoxy groups -OCH3 is 1. The van der Waals surface area contributed by atoms with Crippen molar-refractivity contribution in [1.82, 2.24) is 0 Å². The highest BCUT2D eigenvalue weighted by Gasteiger charge is 2.20. The number of alkyl halides is 1. The molecule has 0 aliphatic heterocycles. The van der Waals surface area contributed by atoms with Crippen LogP contribution in [-0.2, 0) is 0 Å². The van der Waals surface area contributed by atoms with Crippen molar-refractivity contribution in [2.45, 2.75) is 4.83 Å². The largest absolute Gasteiger partial charge is 0.495 e. The van der Waals surface area contributed by atoms with Crippen LogP contribution in [0.1, 0.15) is 16.0 Å². The second-order valence-electron chi connectivity index (χ2n) is 4.04. The van der Waals surface area contributed by atoms with Gasteiger partial charge in [-0.1, -0.05) is 50.7 Å². The minimum absolute atomic E-state index is 0.376. The van der Waals surface area contributed by atoms with Crippen LogP contribution in [0, 0.1) is 5.82 Å². The van der Waals surface area contributed by atoms with Gasteiger partial charge in [0.1, 0.15) is 11.6 Å². The number of hydrogen-bond donors (Lipinski definition) is 0.